The van der Waals surface area contributed by atoms with E-state index in [2.05, 4.69) is 27.8 Å². The zero-order chi connectivity index (χ0) is 11.3. The molecule has 0 aromatic carbocycles. The Balaban J connectivity index is 2.57. The molecule has 0 saturated carbocycles. The molecule has 0 bridgehead atoms. The summed E-state index contributed by atoms with van der Waals surface area (Å²) in [6.07, 6.45) is 5.09. The molecule has 5 heteroatoms. The Labute approximate surface area is 103 Å². The molecule has 1 heterocycles. The van der Waals surface area contributed by atoms with Gasteiger partial charge in [0.05, 0.1) is 11.2 Å². The molecule has 0 N–H and O–H groups in total. The van der Waals surface area contributed by atoms with Crippen LogP contribution in [0.2, 0.25) is 5.02 Å². The van der Waals surface area contributed by atoms with Crippen molar-refractivity contribution in [2.45, 2.75) is 26.3 Å². The summed E-state index contributed by atoms with van der Waals surface area (Å²) in [4.78, 5) is 15.0. The quantitative estimate of drug-likeness (QED) is 0.782. The lowest BCUT2D eigenvalue weighted by Crippen LogP contribution is -2.22. The zero-order valence-corrected chi connectivity index (χ0v) is 11.0. The first-order valence-electron chi connectivity index (χ1n) is 4.91. The fourth-order valence-electron chi connectivity index (χ4n) is 1.28. The molecule has 0 spiro atoms. The number of nitrogens with zero attached hydrogens (tertiary/aromatic N) is 2. The molecule has 1 aromatic rings. The average Bonchev–Trinajstić information content (AvgIpc) is 2.20. The van der Waals surface area contributed by atoms with E-state index in [0.29, 0.717) is 17.5 Å². The molecule has 0 fully saturated rings. The predicted octanol–water partition coefficient (Wildman–Crippen LogP) is 2.71. The van der Waals surface area contributed by atoms with Crippen LogP contribution < -0.4 is 5.69 Å². The highest BCUT2D eigenvalue weighted by atomic mass is 79.9. The van der Waals surface area contributed by atoms with Gasteiger partial charge < -0.3 is 0 Å². The maximum atomic E-state index is 11.3. The Morgan fingerprint density at radius 1 is 1.60 bits per heavy atom. The van der Waals surface area contributed by atoms with Crippen LogP contribution in [0.1, 0.15) is 19.8 Å². The van der Waals surface area contributed by atoms with Crippen molar-refractivity contribution in [2.75, 3.05) is 5.33 Å². The zero-order valence-electron chi connectivity index (χ0n) is 8.62. The third-order valence-electron chi connectivity index (χ3n) is 2.29. The Kier molecular flexibility index (Phi) is 5.32. The fraction of sp³-hybridized carbons (Fsp3) is 0.600. The number of alkyl halides is 1. The van der Waals surface area contributed by atoms with Crippen molar-refractivity contribution < 1.29 is 0 Å². The van der Waals surface area contributed by atoms with E-state index in [1.807, 2.05) is 0 Å². The molecule has 1 aromatic heterocycles. The minimum Gasteiger partial charge on any atom is -0.298 e. The monoisotopic (exact) mass is 292 g/mol. The number of halogens is 2. The minimum atomic E-state index is -0.231. The summed E-state index contributed by atoms with van der Waals surface area (Å²) in [5.74, 6) is 0.593. The van der Waals surface area contributed by atoms with Gasteiger partial charge in [-0.1, -0.05) is 34.5 Å². The third kappa shape index (κ3) is 4.34. The van der Waals surface area contributed by atoms with Crippen LogP contribution in [0.5, 0.6) is 0 Å². The van der Waals surface area contributed by atoms with E-state index in [-0.39, 0.29) is 5.69 Å². The van der Waals surface area contributed by atoms with Crippen molar-refractivity contribution >= 4 is 27.5 Å². The van der Waals surface area contributed by atoms with Crippen LogP contribution >= 0.6 is 27.5 Å². The molecule has 1 unspecified atom stereocenters. The molecule has 3 nitrogen and oxygen atoms in total. The van der Waals surface area contributed by atoms with Gasteiger partial charge in [-0.2, -0.15) is 0 Å². The molecule has 0 amide bonds. The van der Waals surface area contributed by atoms with Crippen molar-refractivity contribution in [3.05, 3.63) is 27.9 Å². The van der Waals surface area contributed by atoms with Crippen LogP contribution in [-0.4, -0.2) is 14.9 Å². The number of hydrogen-bond acceptors (Lipinski definition) is 2. The van der Waals surface area contributed by atoms with Gasteiger partial charge in [0.25, 0.3) is 0 Å². The smallest absolute Gasteiger partial charge is 0.298 e. The van der Waals surface area contributed by atoms with Crippen LogP contribution in [-0.2, 0) is 6.54 Å². The van der Waals surface area contributed by atoms with Crippen LogP contribution in [0.4, 0.5) is 0 Å². The summed E-state index contributed by atoms with van der Waals surface area (Å²) in [6, 6.07) is 0. The van der Waals surface area contributed by atoms with E-state index < -0.39 is 0 Å². The molecule has 1 rings (SSSR count). The Hall–Kier alpha value is -0.350. The van der Waals surface area contributed by atoms with Crippen LogP contribution in [0.25, 0.3) is 0 Å². The first kappa shape index (κ1) is 12.7. The number of rotatable bonds is 5. The van der Waals surface area contributed by atoms with Gasteiger partial charge in [0.2, 0.25) is 0 Å². The Bertz CT molecular complexity index is 367. The summed E-state index contributed by atoms with van der Waals surface area (Å²) in [5.41, 5.74) is -0.231. The van der Waals surface area contributed by atoms with E-state index in [4.69, 9.17) is 11.6 Å². The third-order valence-corrected chi connectivity index (χ3v) is 2.94. The summed E-state index contributed by atoms with van der Waals surface area (Å²) < 4.78 is 1.56. The number of aromatic nitrogens is 2. The van der Waals surface area contributed by atoms with Gasteiger partial charge in [0, 0.05) is 18.1 Å². The number of aryl methyl sites for hydroxylation is 1. The SMILES string of the molecule is CC(CCBr)CCn1cc(Cl)cnc1=O. The maximum absolute atomic E-state index is 11.3. The highest BCUT2D eigenvalue weighted by molar-refractivity contribution is 9.09. The van der Waals surface area contributed by atoms with Gasteiger partial charge in [0.1, 0.15) is 0 Å². The largest absolute Gasteiger partial charge is 0.347 e. The molecule has 0 aliphatic heterocycles. The molecule has 0 aliphatic rings. The molecule has 84 valence electrons. The second-order valence-electron chi connectivity index (χ2n) is 3.62. The van der Waals surface area contributed by atoms with Crippen LogP contribution in [0.15, 0.2) is 17.2 Å². The van der Waals surface area contributed by atoms with Gasteiger partial charge in [-0.3, -0.25) is 4.57 Å². The van der Waals surface area contributed by atoms with E-state index in [0.717, 1.165) is 18.2 Å². The summed E-state index contributed by atoms with van der Waals surface area (Å²) in [6.45, 7) is 2.85. The minimum absolute atomic E-state index is 0.231. The number of hydrogen-bond donors (Lipinski definition) is 0. The molecule has 0 radical (unpaired) electrons. The lowest BCUT2D eigenvalue weighted by atomic mass is 10.1. The van der Waals surface area contributed by atoms with Crippen LogP contribution in [0.3, 0.4) is 0 Å². The molecule has 0 saturated heterocycles. The molecule has 1 atom stereocenters. The van der Waals surface area contributed by atoms with Gasteiger partial charge in [0.15, 0.2) is 0 Å². The molecule has 0 aliphatic carbocycles. The van der Waals surface area contributed by atoms with E-state index >= 15 is 0 Å². The first-order valence-corrected chi connectivity index (χ1v) is 6.41. The second kappa shape index (κ2) is 6.28. The van der Waals surface area contributed by atoms with Crippen molar-refractivity contribution in [2.24, 2.45) is 5.92 Å². The van der Waals surface area contributed by atoms with E-state index in [1.165, 1.54) is 6.20 Å². The topological polar surface area (TPSA) is 34.9 Å². The molecular weight excluding hydrogens is 279 g/mol. The first-order chi connectivity index (χ1) is 7.13. The Morgan fingerprint density at radius 2 is 2.33 bits per heavy atom. The van der Waals surface area contributed by atoms with Gasteiger partial charge in [-0.15, -0.1) is 0 Å². The van der Waals surface area contributed by atoms with Crippen molar-refractivity contribution in [3.63, 3.8) is 0 Å². The summed E-state index contributed by atoms with van der Waals surface area (Å²) >= 11 is 9.16. The van der Waals surface area contributed by atoms with Crippen molar-refractivity contribution in [1.82, 2.24) is 9.55 Å². The standard InChI is InChI=1S/C10H14BrClN2O/c1-8(2-4-11)3-5-14-7-9(12)6-13-10(14)15/h6-8H,2-5H2,1H3. The molecular formula is C10H14BrClN2O. The van der Waals surface area contributed by atoms with Gasteiger partial charge in [-0.05, 0) is 18.8 Å². The predicted molar refractivity (Wildman–Crippen MR) is 65.7 cm³/mol. The lowest BCUT2D eigenvalue weighted by molar-refractivity contribution is 0.463. The van der Waals surface area contributed by atoms with Gasteiger partial charge in [-0.25, -0.2) is 9.78 Å². The highest BCUT2D eigenvalue weighted by Crippen LogP contribution is 2.10. The maximum Gasteiger partial charge on any atom is 0.347 e. The summed E-state index contributed by atoms with van der Waals surface area (Å²) in [7, 11) is 0. The highest BCUT2D eigenvalue weighted by Gasteiger charge is 2.03. The van der Waals surface area contributed by atoms with E-state index in [9.17, 15) is 4.79 Å². The van der Waals surface area contributed by atoms with Crippen molar-refractivity contribution in [1.29, 1.82) is 0 Å². The Morgan fingerprint density at radius 3 is 3.00 bits per heavy atom. The van der Waals surface area contributed by atoms with E-state index in [1.54, 1.807) is 10.8 Å². The molecule has 15 heavy (non-hydrogen) atoms. The normalized spacial score (nSPS) is 12.7. The fourth-order valence-corrected chi connectivity index (χ4v) is 2.23. The lowest BCUT2D eigenvalue weighted by Gasteiger charge is -2.10. The van der Waals surface area contributed by atoms with Crippen LogP contribution in [0, 0.1) is 5.92 Å². The van der Waals surface area contributed by atoms with Gasteiger partial charge >= 0.3 is 5.69 Å². The summed E-state index contributed by atoms with van der Waals surface area (Å²) in [5, 5.41) is 1.50. The second-order valence-corrected chi connectivity index (χ2v) is 4.85. The average molecular weight is 294 g/mol. The van der Waals surface area contributed by atoms with Crippen molar-refractivity contribution in [3.8, 4) is 0 Å².